The van der Waals surface area contributed by atoms with Gasteiger partial charge in [0.1, 0.15) is 5.75 Å². The predicted octanol–water partition coefficient (Wildman–Crippen LogP) is 2.58. The van der Waals surface area contributed by atoms with Gasteiger partial charge in [0.05, 0.1) is 24.1 Å². The van der Waals surface area contributed by atoms with Crippen LogP contribution >= 0.6 is 0 Å². The Hall–Kier alpha value is -2.38. The Bertz CT molecular complexity index is 820. The van der Waals surface area contributed by atoms with Crippen LogP contribution in [0, 0.1) is 0 Å². The van der Waals surface area contributed by atoms with Gasteiger partial charge in [-0.3, -0.25) is 4.79 Å². The molecule has 0 unspecified atom stereocenters. The van der Waals surface area contributed by atoms with E-state index in [4.69, 9.17) is 4.74 Å². The van der Waals surface area contributed by atoms with Gasteiger partial charge in [-0.2, -0.15) is 4.31 Å². The second-order valence-corrected chi connectivity index (χ2v) is 7.91. The number of rotatable bonds is 8. The third kappa shape index (κ3) is 5.06. The molecule has 26 heavy (non-hydrogen) atoms. The van der Waals surface area contributed by atoms with Crippen molar-refractivity contribution in [3.05, 3.63) is 60.2 Å². The highest BCUT2D eigenvalue weighted by molar-refractivity contribution is 7.89. The molecule has 0 aromatic heterocycles. The van der Waals surface area contributed by atoms with Gasteiger partial charge in [0, 0.05) is 7.05 Å². The lowest BCUT2D eigenvalue weighted by atomic mass is 10.1. The second-order valence-electron chi connectivity index (χ2n) is 5.87. The van der Waals surface area contributed by atoms with Gasteiger partial charge in [-0.1, -0.05) is 30.3 Å². The largest absolute Gasteiger partial charge is 0.494 e. The number of amides is 1. The first kappa shape index (κ1) is 19.9. The number of hydrogen-bond donors (Lipinski definition) is 1. The zero-order valence-electron chi connectivity index (χ0n) is 15.2. The molecule has 0 fully saturated rings. The zero-order valence-corrected chi connectivity index (χ0v) is 16.0. The van der Waals surface area contributed by atoms with E-state index >= 15 is 0 Å². The van der Waals surface area contributed by atoms with Crippen molar-refractivity contribution >= 4 is 15.9 Å². The normalized spacial score (nSPS) is 12.6. The average Bonchev–Trinajstić information content (AvgIpc) is 2.63. The van der Waals surface area contributed by atoms with Crippen molar-refractivity contribution in [3.63, 3.8) is 0 Å². The minimum atomic E-state index is -3.75. The lowest BCUT2D eigenvalue weighted by Crippen LogP contribution is -2.39. The van der Waals surface area contributed by atoms with Gasteiger partial charge in [-0.05, 0) is 43.7 Å². The highest BCUT2D eigenvalue weighted by Gasteiger charge is 2.23. The summed E-state index contributed by atoms with van der Waals surface area (Å²) >= 11 is 0. The molecule has 0 heterocycles. The van der Waals surface area contributed by atoms with Crippen molar-refractivity contribution < 1.29 is 17.9 Å². The summed E-state index contributed by atoms with van der Waals surface area (Å²) in [7, 11) is -2.36. The molecule has 1 amide bonds. The number of nitrogens with zero attached hydrogens (tertiary/aromatic N) is 1. The summed E-state index contributed by atoms with van der Waals surface area (Å²) in [6.07, 6.45) is 0. The van der Waals surface area contributed by atoms with E-state index in [9.17, 15) is 13.2 Å². The number of likely N-dealkylation sites (N-methyl/N-ethyl adjacent to an activating group) is 1. The first-order valence-electron chi connectivity index (χ1n) is 8.38. The molecule has 7 heteroatoms. The van der Waals surface area contributed by atoms with Gasteiger partial charge in [-0.15, -0.1) is 0 Å². The lowest BCUT2D eigenvalue weighted by molar-refractivity contribution is -0.121. The molecule has 140 valence electrons. The Morgan fingerprint density at radius 2 is 1.73 bits per heavy atom. The molecule has 0 aliphatic carbocycles. The molecule has 0 radical (unpaired) electrons. The fourth-order valence-electron chi connectivity index (χ4n) is 2.45. The summed E-state index contributed by atoms with van der Waals surface area (Å²) in [4.78, 5) is 12.3. The molecule has 0 bridgehead atoms. The summed E-state index contributed by atoms with van der Waals surface area (Å²) < 4.78 is 31.5. The van der Waals surface area contributed by atoms with Crippen LogP contribution in [0.2, 0.25) is 0 Å². The third-order valence-electron chi connectivity index (χ3n) is 3.89. The van der Waals surface area contributed by atoms with Crippen molar-refractivity contribution in [2.45, 2.75) is 24.8 Å². The number of benzene rings is 2. The standard InChI is InChI=1S/C19H24N2O4S/c1-4-25-17-10-12-18(13-11-17)26(23,24)21(3)14-19(22)20-15(2)16-8-6-5-7-9-16/h5-13,15H,4,14H2,1-3H3,(H,20,22)/t15-/m1/s1. The number of sulfonamides is 1. The molecule has 0 saturated carbocycles. The van der Waals surface area contributed by atoms with Gasteiger partial charge >= 0.3 is 0 Å². The van der Waals surface area contributed by atoms with Gasteiger partial charge in [0.2, 0.25) is 15.9 Å². The van der Waals surface area contributed by atoms with E-state index in [0.29, 0.717) is 12.4 Å². The number of nitrogens with one attached hydrogen (secondary N) is 1. The molecule has 0 aliphatic rings. The maximum atomic E-state index is 12.6. The number of hydrogen-bond acceptors (Lipinski definition) is 4. The summed E-state index contributed by atoms with van der Waals surface area (Å²) in [6.45, 7) is 3.96. The molecule has 0 spiro atoms. The Balaban J connectivity index is 2.00. The van der Waals surface area contributed by atoms with E-state index in [-0.39, 0.29) is 23.4 Å². The van der Waals surface area contributed by atoms with Gasteiger partial charge < -0.3 is 10.1 Å². The third-order valence-corrected chi connectivity index (χ3v) is 5.70. The molecule has 2 rings (SSSR count). The van der Waals surface area contributed by atoms with Crippen molar-refractivity contribution in [2.75, 3.05) is 20.2 Å². The average molecular weight is 376 g/mol. The molecule has 1 N–H and O–H groups in total. The fraction of sp³-hybridized carbons (Fsp3) is 0.316. The van der Waals surface area contributed by atoms with Crippen LogP contribution in [0.25, 0.3) is 0 Å². The van der Waals surface area contributed by atoms with Crippen LogP contribution in [-0.4, -0.2) is 38.8 Å². The van der Waals surface area contributed by atoms with Crippen LogP contribution in [0.1, 0.15) is 25.5 Å². The summed E-state index contributed by atoms with van der Waals surface area (Å²) in [6, 6.07) is 15.4. The highest BCUT2D eigenvalue weighted by Crippen LogP contribution is 2.19. The maximum Gasteiger partial charge on any atom is 0.243 e. The molecule has 2 aromatic rings. The van der Waals surface area contributed by atoms with E-state index in [1.165, 1.54) is 19.2 Å². The molecule has 2 aromatic carbocycles. The van der Waals surface area contributed by atoms with Crippen molar-refractivity contribution in [1.29, 1.82) is 0 Å². The quantitative estimate of drug-likeness (QED) is 0.768. The smallest absolute Gasteiger partial charge is 0.243 e. The highest BCUT2D eigenvalue weighted by atomic mass is 32.2. The summed E-state index contributed by atoms with van der Waals surface area (Å²) in [5, 5.41) is 2.81. The van der Waals surface area contributed by atoms with Crippen molar-refractivity contribution in [3.8, 4) is 5.75 Å². The van der Waals surface area contributed by atoms with Crippen LogP contribution in [0.5, 0.6) is 5.75 Å². The first-order valence-corrected chi connectivity index (χ1v) is 9.82. The zero-order chi connectivity index (χ0) is 19.2. The first-order chi connectivity index (χ1) is 12.3. The minimum Gasteiger partial charge on any atom is -0.494 e. The molecule has 0 saturated heterocycles. The fourth-order valence-corrected chi connectivity index (χ4v) is 3.58. The van der Waals surface area contributed by atoms with Crippen LogP contribution in [-0.2, 0) is 14.8 Å². The van der Waals surface area contributed by atoms with E-state index in [1.807, 2.05) is 44.2 Å². The lowest BCUT2D eigenvalue weighted by Gasteiger charge is -2.19. The summed E-state index contributed by atoms with van der Waals surface area (Å²) in [5.41, 5.74) is 0.956. The van der Waals surface area contributed by atoms with Crippen molar-refractivity contribution in [1.82, 2.24) is 9.62 Å². The molecule has 0 aliphatic heterocycles. The van der Waals surface area contributed by atoms with Crippen LogP contribution < -0.4 is 10.1 Å². The molecule has 6 nitrogen and oxygen atoms in total. The Morgan fingerprint density at radius 1 is 1.12 bits per heavy atom. The Kier molecular flexibility index (Phi) is 6.76. The molecule has 1 atom stereocenters. The summed E-state index contributed by atoms with van der Waals surface area (Å²) in [5.74, 6) is 0.238. The van der Waals surface area contributed by atoms with Crippen LogP contribution in [0.15, 0.2) is 59.5 Å². The number of carbonyl (C=O) groups excluding carboxylic acids is 1. The van der Waals surface area contributed by atoms with Gasteiger partial charge in [-0.25, -0.2) is 8.42 Å². The van der Waals surface area contributed by atoms with Gasteiger partial charge in [0.25, 0.3) is 0 Å². The number of ether oxygens (including phenoxy) is 1. The van der Waals surface area contributed by atoms with E-state index in [1.54, 1.807) is 12.1 Å². The number of carbonyl (C=O) groups is 1. The SMILES string of the molecule is CCOc1ccc(S(=O)(=O)N(C)CC(=O)N[C@H](C)c2ccccc2)cc1. The maximum absolute atomic E-state index is 12.6. The molecular formula is C19H24N2O4S. The topological polar surface area (TPSA) is 75.7 Å². The van der Waals surface area contributed by atoms with Crippen LogP contribution in [0.4, 0.5) is 0 Å². The monoisotopic (exact) mass is 376 g/mol. The van der Waals surface area contributed by atoms with Crippen molar-refractivity contribution in [2.24, 2.45) is 0 Å². The second kappa shape index (κ2) is 8.82. The Morgan fingerprint density at radius 3 is 2.31 bits per heavy atom. The Labute approximate surface area is 154 Å². The van der Waals surface area contributed by atoms with E-state index in [2.05, 4.69) is 5.32 Å². The van der Waals surface area contributed by atoms with E-state index < -0.39 is 10.0 Å². The molecular weight excluding hydrogens is 352 g/mol. The van der Waals surface area contributed by atoms with E-state index in [0.717, 1.165) is 9.87 Å². The van der Waals surface area contributed by atoms with Gasteiger partial charge in [0.15, 0.2) is 0 Å². The van der Waals surface area contributed by atoms with Crippen LogP contribution in [0.3, 0.4) is 0 Å². The predicted molar refractivity (Wildman–Crippen MR) is 100 cm³/mol. The minimum absolute atomic E-state index is 0.118.